The molecule has 1 aromatic carbocycles. The average Bonchev–Trinajstić information content (AvgIpc) is 2.41. The van der Waals surface area contributed by atoms with E-state index in [0.717, 1.165) is 5.56 Å². The van der Waals surface area contributed by atoms with Crippen molar-refractivity contribution in [3.8, 4) is 0 Å². The Kier molecular flexibility index (Phi) is 2.12. The number of nitrogens with two attached hydrogens (primary N) is 1. The first-order chi connectivity index (χ1) is 7.30. The van der Waals surface area contributed by atoms with Crippen molar-refractivity contribution >= 4 is 16.8 Å². The average molecular weight is 220 g/mol. The largest absolute Gasteiger partial charge is 0.419 e. The van der Waals surface area contributed by atoms with Crippen LogP contribution in [-0.4, -0.2) is 4.57 Å². The van der Waals surface area contributed by atoms with E-state index in [4.69, 9.17) is 10.2 Å². The Balaban J connectivity index is 2.84. The number of rotatable bonds is 0. The third kappa shape index (κ3) is 1.50. The highest BCUT2D eigenvalue weighted by atomic mass is 16.4. The number of fused-ring (bicyclic) bond motifs is 1. The van der Waals surface area contributed by atoms with Crippen LogP contribution in [-0.2, 0) is 12.5 Å². The molecule has 2 N–H and O–H groups in total. The predicted molar refractivity (Wildman–Crippen MR) is 64.6 cm³/mol. The van der Waals surface area contributed by atoms with Crippen molar-refractivity contribution in [2.45, 2.75) is 26.2 Å². The number of nitrogens with zero attached hydrogens (tertiary/aromatic N) is 1. The van der Waals surface area contributed by atoms with Crippen LogP contribution in [0.2, 0.25) is 0 Å². The molecular formula is C12H16N2O2. The molecule has 4 heteroatoms. The van der Waals surface area contributed by atoms with Crippen LogP contribution < -0.4 is 11.5 Å². The van der Waals surface area contributed by atoms with Crippen LogP contribution >= 0.6 is 0 Å². The normalized spacial score (nSPS) is 12.2. The van der Waals surface area contributed by atoms with E-state index in [1.165, 1.54) is 4.57 Å². The molecule has 0 spiro atoms. The van der Waals surface area contributed by atoms with Gasteiger partial charge in [-0.05, 0) is 23.1 Å². The molecule has 86 valence electrons. The fourth-order valence-electron chi connectivity index (χ4n) is 1.75. The quantitative estimate of drug-likeness (QED) is 0.691. The fraction of sp³-hybridized carbons (Fsp3) is 0.417. The van der Waals surface area contributed by atoms with Gasteiger partial charge in [-0.3, -0.25) is 4.57 Å². The Morgan fingerprint density at radius 2 is 1.94 bits per heavy atom. The molecule has 2 aromatic rings. The standard InChI is InChI=1S/C12H16N2O2/c1-12(2,3)7-5-8(13)10-9(6-7)16-11(15)14(10)4/h5-6H,13H2,1-4H3. The second-order valence-electron chi connectivity index (χ2n) is 5.09. The minimum atomic E-state index is -0.382. The first kappa shape index (κ1) is 10.8. The molecule has 1 heterocycles. The van der Waals surface area contributed by atoms with E-state index in [1.54, 1.807) is 7.05 Å². The maximum atomic E-state index is 11.4. The van der Waals surface area contributed by atoms with Crippen LogP contribution in [0.5, 0.6) is 0 Å². The van der Waals surface area contributed by atoms with E-state index in [-0.39, 0.29) is 11.2 Å². The summed E-state index contributed by atoms with van der Waals surface area (Å²) in [4.78, 5) is 11.4. The molecule has 0 saturated carbocycles. The number of hydrogen-bond acceptors (Lipinski definition) is 3. The van der Waals surface area contributed by atoms with Crippen molar-refractivity contribution in [2.75, 3.05) is 5.73 Å². The zero-order valence-corrected chi connectivity index (χ0v) is 10.00. The molecule has 0 unspecified atom stereocenters. The molecule has 4 nitrogen and oxygen atoms in total. The van der Waals surface area contributed by atoms with Crippen LogP contribution in [0.15, 0.2) is 21.3 Å². The Morgan fingerprint density at radius 3 is 2.50 bits per heavy atom. The lowest BCUT2D eigenvalue weighted by molar-refractivity contribution is 0.526. The van der Waals surface area contributed by atoms with Gasteiger partial charge in [-0.15, -0.1) is 0 Å². The van der Waals surface area contributed by atoms with E-state index < -0.39 is 0 Å². The summed E-state index contributed by atoms with van der Waals surface area (Å²) in [6, 6.07) is 3.78. The maximum absolute atomic E-state index is 11.4. The number of aryl methyl sites for hydroxylation is 1. The molecule has 0 atom stereocenters. The van der Waals surface area contributed by atoms with Crippen molar-refractivity contribution in [1.82, 2.24) is 4.57 Å². The van der Waals surface area contributed by atoms with Gasteiger partial charge in [0, 0.05) is 7.05 Å². The van der Waals surface area contributed by atoms with E-state index in [0.29, 0.717) is 16.8 Å². The van der Waals surface area contributed by atoms with Crippen molar-refractivity contribution < 1.29 is 4.42 Å². The summed E-state index contributed by atoms with van der Waals surface area (Å²) in [5, 5.41) is 0. The fourth-order valence-corrected chi connectivity index (χ4v) is 1.75. The number of anilines is 1. The van der Waals surface area contributed by atoms with Crippen molar-refractivity contribution in [3.05, 3.63) is 28.2 Å². The third-order valence-corrected chi connectivity index (χ3v) is 2.78. The highest BCUT2D eigenvalue weighted by Gasteiger charge is 2.18. The van der Waals surface area contributed by atoms with E-state index in [9.17, 15) is 4.79 Å². The van der Waals surface area contributed by atoms with Gasteiger partial charge in [0.2, 0.25) is 0 Å². The Bertz CT molecular complexity index is 600. The first-order valence-electron chi connectivity index (χ1n) is 5.20. The van der Waals surface area contributed by atoms with Gasteiger partial charge in [-0.25, -0.2) is 4.79 Å². The summed E-state index contributed by atoms with van der Waals surface area (Å²) in [5.74, 6) is -0.382. The second-order valence-corrected chi connectivity index (χ2v) is 5.09. The maximum Gasteiger partial charge on any atom is 0.419 e. The van der Waals surface area contributed by atoms with Gasteiger partial charge >= 0.3 is 5.76 Å². The molecule has 16 heavy (non-hydrogen) atoms. The number of nitrogen functional groups attached to an aromatic ring is 1. The Morgan fingerprint density at radius 1 is 1.31 bits per heavy atom. The molecule has 0 aliphatic carbocycles. The lowest BCUT2D eigenvalue weighted by Crippen LogP contribution is -2.12. The summed E-state index contributed by atoms with van der Waals surface area (Å²) >= 11 is 0. The second kappa shape index (κ2) is 3.14. The van der Waals surface area contributed by atoms with Gasteiger partial charge in [0.15, 0.2) is 5.58 Å². The molecule has 0 fully saturated rings. The topological polar surface area (TPSA) is 61.2 Å². The van der Waals surface area contributed by atoms with Gasteiger partial charge in [-0.1, -0.05) is 20.8 Å². The van der Waals surface area contributed by atoms with E-state index in [2.05, 4.69) is 20.8 Å². The first-order valence-corrected chi connectivity index (χ1v) is 5.20. The summed E-state index contributed by atoms with van der Waals surface area (Å²) in [6.45, 7) is 6.28. The van der Waals surface area contributed by atoms with Crippen molar-refractivity contribution in [2.24, 2.45) is 7.05 Å². The zero-order valence-electron chi connectivity index (χ0n) is 10.00. The molecule has 0 aliphatic rings. The van der Waals surface area contributed by atoms with Crippen molar-refractivity contribution in [3.63, 3.8) is 0 Å². The highest BCUT2D eigenvalue weighted by molar-refractivity contribution is 5.86. The third-order valence-electron chi connectivity index (χ3n) is 2.78. The molecule has 0 radical (unpaired) electrons. The summed E-state index contributed by atoms with van der Waals surface area (Å²) in [5.41, 5.74) is 8.79. The number of oxazole rings is 1. The Labute approximate surface area is 93.7 Å². The van der Waals surface area contributed by atoms with Crippen LogP contribution in [0, 0.1) is 0 Å². The lowest BCUT2D eigenvalue weighted by atomic mass is 9.86. The van der Waals surface area contributed by atoms with E-state index >= 15 is 0 Å². The summed E-state index contributed by atoms with van der Waals surface area (Å²) in [7, 11) is 1.65. The minimum Gasteiger partial charge on any atom is -0.408 e. The van der Waals surface area contributed by atoms with E-state index in [1.807, 2.05) is 12.1 Å². The van der Waals surface area contributed by atoms with Gasteiger partial charge in [0.25, 0.3) is 0 Å². The SMILES string of the molecule is Cn1c(=O)oc2cc(C(C)(C)C)cc(N)c21. The van der Waals surface area contributed by atoms with Crippen LogP contribution in [0.1, 0.15) is 26.3 Å². The monoisotopic (exact) mass is 220 g/mol. The molecule has 0 amide bonds. The van der Waals surface area contributed by atoms with Gasteiger partial charge in [-0.2, -0.15) is 0 Å². The highest BCUT2D eigenvalue weighted by Crippen LogP contribution is 2.29. The predicted octanol–water partition coefficient (Wildman–Crippen LogP) is 2.01. The zero-order chi connectivity index (χ0) is 12.1. The van der Waals surface area contributed by atoms with Gasteiger partial charge in [0.1, 0.15) is 5.52 Å². The molecular weight excluding hydrogens is 204 g/mol. The van der Waals surface area contributed by atoms with Crippen LogP contribution in [0.25, 0.3) is 11.1 Å². The molecule has 0 aliphatic heterocycles. The number of aromatic nitrogens is 1. The number of benzene rings is 1. The lowest BCUT2D eigenvalue weighted by Gasteiger charge is -2.19. The molecule has 2 rings (SSSR count). The number of hydrogen-bond donors (Lipinski definition) is 1. The smallest absolute Gasteiger partial charge is 0.408 e. The van der Waals surface area contributed by atoms with Gasteiger partial charge in [0.05, 0.1) is 5.69 Å². The van der Waals surface area contributed by atoms with Gasteiger partial charge < -0.3 is 10.2 Å². The molecule has 0 saturated heterocycles. The summed E-state index contributed by atoms with van der Waals surface area (Å²) < 4.78 is 6.57. The Hall–Kier alpha value is -1.71. The summed E-state index contributed by atoms with van der Waals surface area (Å²) in [6.07, 6.45) is 0. The molecule has 0 bridgehead atoms. The van der Waals surface area contributed by atoms with Crippen molar-refractivity contribution in [1.29, 1.82) is 0 Å². The van der Waals surface area contributed by atoms with Crippen LogP contribution in [0.4, 0.5) is 5.69 Å². The molecule has 1 aromatic heterocycles. The minimum absolute atomic E-state index is 0.0171. The van der Waals surface area contributed by atoms with Crippen LogP contribution in [0.3, 0.4) is 0 Å².